The van der Waals surface area contributed by atoms with Crippen molar-refractivity contribution in [3.63, 3.8) is 0 Å². The Balaban J connectivity index is 2.79. The molecular formula is C12H24N2O. The molecule has 0 aromatic rings. The van der Waals surface area contributed by atoms with Crippen molar-refractivity contribution in [1.82, 2.24) is 5.32 Å². The van der Waals surface area contributed by atoms with E-state index >= 15 is 0 Å². The van der Waals surface area contributed by atoms with Crippen molar-refractivity contribution in [2.45, 2.75) is 58.5 Å². The number of hydrogen-bond acceptors (Lipinski definition) is 2. The van der Waals surface area contributed by atoms with E-state index in [2.05, 4.69) is 33.0 Å². The van der Waals surface area contributed by atoms with Crippen molar-refractivity contribution >= 4 is 5.91 Å². The van der Waals surface area contributed by atoms with E-state index < -0.39 is 5.54 Å². The lowest BCUT2D eigenvalue weighted by atomic mass is 9.70. The van der Waals surface area contributed by atoms with Gasteiger partial charge >= 0.3 is 0 Å². The van der Waals surface area contributed by atoms with Crippen LogP contribution in [0.4, 0.5) is 0 Å². The summed E-state index contributed by atoms with van der Waals surface area (Å²) in [7, 11) is 0. The van der Waals surface area contributed by atoms with E-state index in [1.54, 1.807) is 0 Å². The van der Waals surface area contributed by atoms with Gasteiger partial charge in [0.05, 0.1) is 5.54 Å². The number of carbonyl (C=O) groups excluding carboxylic acids is 1. The van der Waals surface area contributed by atoms with Crippen LogP contribution in [-0.4, -0.2) is 17.5 Å². The van der Waals surface area contributed by atoms with Crippen LogP contribution in [-0.2, 0) is 4.79 Å². The highest BCUT2D eigenvalue weighted by atomic mass is 16.1. The highest BCUT2D eigenvalue weighted by Crippen LogP contribution is 2.36. The molecule has 3 unspecified atom stereocenters. The second-order valence-electron chi connectivity index (χ2n) is 5.44. The van der Waals surface area contributed by atoms with E-state index in [1.165, 1.54) is 0 Å². The van der Waals surface area contributed by atoms with Crippen molar-refractivity contribution in [2.75, 3.05) is 0 Å². The normalized spacial score (nSPS) is 36.9. The Hall–Kier alpha value is -0.570. The summed E-state index contributed by atoms with van der Waals surface area (Å²) >= 11 is 0. The van der Waals surface area contributed by atoms with Crippen molar-refractivity contribution in [3.05, 3.63) is 0 Å². The maximum Gasteiger partial charge on any atom is 0.237 e. The van der Waals surface area contributed by atoms with Crippen LogP contribution in [0.25, 0.3) is 0 Å². The Labute approximate surface area is 92.8 Å². The number of primary amides is 1. The second-order valence-corrected chi connectivity index (χ2v) is 5.44. The molecular weight excluding hydrogens is 188 g/mol. The number of nitrogens with two attached hydrogens (primary N) is 1. The average Bonchev–Trinajstić information content (AvgIpc) is 2.10. The van der Waals surface area contributed by atoms with Crippen LogP contribution < -0.4 is 11.1 Å². The third-order valence-electron chi connectivity index (χ3n) is 3.70. The molecule has 1 fully saturated rings. The molecule has 0 radical (unpaired) electrons. The molecule has 1 aliphatic carbocycles. The van der Waals surface area contributed by atoms with Gasteiger partial charge < -0.3 is 11.1 Å². The minimum Gasteiger partial charge on any atom is -0.368 e. The molecule has 3 N–H and O–H groups in total. The first-order valence-electron chi connectivity index (χ1n) is 5.95. The lowest BCUT2D eigenvalue weighted by Crippen LogP contribution is -2.60. The lowest BCUT2D eigenvalue weighted by molar-refractivity contribution is -0.127. The smallest absolute Gasteiger partial charge is 0.237 e. The van der Waals surface area contributed by atoms with Gasteiger partial charge in [-0.2, -0.15) is 0 Å². The van der Waals surface area contributed by atoms with Crippen molar-refractivity contribution < 1.29 is 4.79 Å². The van der Waals surface area contributed by atoms with Crippen LogP contribution in [0.5, 0.6) is 0 Å². The van der Waals surface area contributed by atoms with Crippen LogP contribution in [0.2, 0.25) is 0 Å². The number of carbonyl (C=O) groups is 1. The standard InChI is InChI=1S/C12H24N2O/c1-8(2)14-12(11(13)15)6-5-9(3)10(4)7-12/h8-10,14H,5-7H2,1-4H3,(H2,13,15). The molecule has 1 amide bonds. The summed E-state index contributed by atoms with van der Waals surface area (Å²) in [4.78, 5) is 11.6. The maximum absolute atomic E-state index is 11.6. The van der Waals surface area contributed by atoms with Crippen LogP contribution in [0.1, 0.15) is 47.0 Å². The van der Waals surface area contributed by atoms with Gasteiger partial charge in [0, 0.05) is 6.04 Å². The van der Waals surface area contributed by atoms with E-state index in [0.29, 0.717) is 17.9 Å². The van der Waals surface area contributed by atoms with Crippen molar-refractivity contribution in [3.8, 4) is 0 Å². The van der Waals surface area contributed by atoms with E-state index in [9.17, 15) is 4.79 Å². The Bertz CT molecular complexity index is 240. The van der Waals surface area contributed by atoms with Gasteiger partial charge in [0.15, 0.2) is 0 Å². The zero-order valence-corrected chi connectivity index (χ0v) is 10.3. The van der Waals surface area contributed by atoms with E-state index in [4.69, 9.17) is 5.73 Å². The summed E-state index contributed by atoms with van der Waals surface area (Å²) in [5.74, 6) is 1.08. The van der Waals surface area contributed by atoms with Crippen LogP contribution in [0, 0.1) is 11.8 Å². The van der Waals surface area contributed by atoms with Crippen molar-refractivity contribution in [2.24, 2.45) is 17.6 Å². The van der Waals surface area contributed by atoms with Gasteiger partial charge in [-0.1, -0.05) is 13.8 Å². The summed E-state index contributed by atoms with van der Waals surface area (Å²) < 4.78 is 0. The first-order chi connectivity index (χ1) is 6.87. The quantitative estimate of drug-likeness (QED) is 0.747. The average molecular weight is 212 g/mol. The van der Waals surface area contributed by atoms with E-state index in [0.717, 1.165) is 19.3 Å². The van der Waals surface area contributed by atoms with Crippen LogP contribution >= 0.6 is 0 Å². The highest BCUT2D eigenvalue weighted by molar-refractivity contribution is 5.84. The topological polar surface area (TPSA) is 55.1 Å². The van der Waals surface area contributed by atoms with Crippen LogP contribution in [0.15, 0.2) is 0 Å². The molecule has 0 aliphatic heterocycles. The molecule has 88 valence electrons. The third kappa shape index (κ3) is 2.71. The van der Waals surface area contributed by atoms with Gasteiger partial charge in [-0.05, 0) is 44.9 Å². The molecule has 3 heteroatoms. The summed E-state index contributed by atoms with van der Waals surface area (Å²) in [6.45, 7) is 8.59. The highest BCUT2D eigenvalue weighted by Gasteiger charge is 2.42. The summed E-state index contributed by atoms with van der Waals surface area (Å²) in [5.41, 5.74) is 5.10. The molecule has 0 spiro atoms. The number of amides is 1. The fourth-order valence-electron chi connectivity index (χ4n) is 2.59. The summed E-state index contributed by atoms with van der Waals surface area (Å²) in [5, 5.41) is 3.37. The molecule has 1 aliphatic rings. The predicted octanol–water partition coefficient (Wildman–Crippen LogP) is 1.66. The minimum atomic E-state index is -0.458. The monoisotopic (exact) mass is 212 g/mol. The first-order valence-corrected chi connectivity index (χ1v) is 5.95. The Morgan fingerprint density at radius 3 is 2.40 bits per heavy atom. The van der Waals surface area contributed by atoms with Gasteiger partial charge in [0.2, 0.25) is 5.91 Å². The third-order valence-corrected chi connectivity index (χ3v) is 3.70. The fraction of sp³-hybridized carbons (Fsp3) is 0.917. The van der Waals surface area contributed by atoms with Crippen molar-refractivity contribution in [1.29, 1.82) is 0 Å². The maximum atomic E-state index is 11.6. The van der Waals surface area contributed by atoms with Crippen LogP contribution in [0.3, 0.4) is 0 Å². The first kappa shape index (κ1) is 12.5. The largest absolute Gasteiger partial charge is 0.368 e. The Kier molecular flexibility index (Phi) is 3.77. The van der Waals surface area contributed by atoms with Gasteiger partial charge in [-0.25, -0.2) is 0 Å². The number of nitrogens with one attached hydrogen (secondary N) is 1. The molecule has 0 heterocycles. The van der Waals surface area contributed by atoms with Gasteiger partial charge in [-0.3, -0.25) is 4.79 Å². The molecule has 15 heavy (non-hydrogen) atoms. The van der Waals surface area contributed by atoms with Gasteiger partial charge in [0.1, 0.15) is 0 Å². The predicted molar refractivity (Wildman–Crippen MR) is 62.4 cm³/mol. The molecule has 0 saturated heterocycles. The lowest BCUT2D eigenvalue weighted by Gasteiger charge is -2.42. The molecule has 0 bridgehead atoms. The Morgan fingerprint density at radius 1 is 1.40 bits per heavy atom. The summed E-state index contributed by atoms with van der Waals surface area (Å²) in [6, 6.07) is 0.304. The van der Waals surface area contributed by atoms with E-state index in [1.807, 2.05) is 0 Å². The Morgan fingerprint density at radius 2 is 2.00 bits per heavy atom. The van der Waals surface area contributed by atoms with Gasteiger partial charge in [-0.15, -0.1) is 0 Å². The zero-order chi connectivity index (χ0) is 11.6. The fourth-order valence-corrected chi connectivity index (χ4v) is 2.59. The second kappa shape index (κ2) is 4.52. The zero-order valence-electron chi connectivity index (χ0n) is 10.3. The minimum absolute atomic E-state index is 0.185. The number of hydrogen-bond donors (Lipinski definition) is 2. The number of rotatable bonds is 3. The van der Waals surface area contributed by atoms with E-state index in [-0.39, 0.29) is 5.91 Å². The molecule has 3 nitrogen and oxygen atoms in total. The summed E-state index contributed by atoms with van der Waals surface area (Å²) in [6.07, 6.45) is 2.84. The SMILES string of the molecule is CC(C)NC1(C(N)=O)CCC(C)C(C)C1. The van der Waals surface area contributed by atoms with Gasteiger partial charge in [0.25, 0.3) is 0 Å². The molecule has 1 saturated carbocycles. The molecule has 3 atom stereocenters. The molecule has 0 aromatic carbocycles. The molecule has 1 rings (SSSR count). The molecule has 0 aromatic heterocycles.